The normalized spacial score (nSPS) is 10.5. The molecule has 0 aliphatic carbocycles. The third kappa shape index (κ3) is 41.8. The van der Waals surface area contributed by atoms with Crippen LogP contribution in [0.3, 0.4) is 0 Å². The first-order valence-electron chi connectivity index (χ1n) is 16.1. The van der Waals surface area contributed by atoms with E-state index in [4.69, 9.17) is 0 Å². The van der Waals surface area contributed by atoms with Gasteiger partial charge >= 0.3 is 0 Å². The highest BCUT2D eigenvalue weighted by Gasteiger charge is 1.96. The van der Waals surface area contributed by atoms with Crippen molar-refractivity contribution in [2.45, 2.75) is 194 Å². The molecule has 0 aliphatic rings. The van der Waals surface area contributed by atoms with E-state index in [1.165, 1.54) is 193 Å². The van der Waals surface area contributed by atoms with Crippen LogP contribution >= 0.6 is 29.4 Å². The highest BCUT2D eigenvalue weighted by atomic mass is 79.9. The molecule has 0 aromatic rings. The molecule has 2 nitrogen and oxygen atoms in total. The average molecular weight is 600 g/mol. The second-order valence-electron chi connectivity index (χ2n) is 10.9. The van der Waals surface area contributed by atoms with E-state index in [0.717, 1.165) is 0 Å². The van der Waals surface area contributed by atoms with Crippen molar-refractivity contribution >= 4 is 29.4 Å². The topological polar surface area (TPSA) is 47.0 Å². The molecular weight excluding hydrogens is 528 g/mol. The molecule has 36 heavy (non-hydrogen) atoms. The summed E-state index contributed by atoms with van der Waals surface area (Å²) in [5, 5.41) is 3.67. The van der Waals surface area contributed by atoms with Crippen LogP contribution in [0.1, 0.15) is 194 Å². The van der Waals surface area contributed by atoms with Gasteiger partial charge in [0.25, 0.3) is 0 Å². The number of rotatable bonds is 30. The molecule has 0 unspecified atom stereocenters. The Morgan fingerprint density at radius 3 is 0.667 bits per heavy atom. The third-order valence-corrected chi connectivity index (χ3v) is 7.41. The molecule has 0 aromatic carbocycles. The molecule has 0 spiro atoms. The van der Waals surface area contributed by atoms with Crippen LogP contribution in [0.15, 0.2) is 0 Å². The summed E-state index contributed by atoms with van der Waals surface area (Å²) in [5.74, 6) is 0. The third-order valence-electron chi connectivity index (χ3n) is 7.41. The van der Waals surface area contributed by atoms with Gasteiger partial charge in [-0.3, -0.25) is 0 Å². The number of unbranched alkanes of at least 4 members (excludes halogenated alkanes) is 26. The minimum Gasteiger partial charge on any atom is -0.344 e. The molecule has 0 radical (unpaired) electrons. The van der Waals surface area contributed by atoms with Gasteiger partial charge in [-0.25, -0.2) is 0 Å². The molecule has 0 bridgehead atoms. The Balaban J connectivity index is -0.00000171. The Kier molecular flexibility index (Phi) is 52.0. The fourth-order valence-corrected chi connectivity index (χ4v) is 5.01. The number of nitrogens with one attached hydrogen (secondary N) is 1. The van der Waals surface area contributed by atoms with E-state index in [1.54, 1.807) is 0 Å². The molecule has 4 N–H and O–H groups in total. The van der Waals surface area contributed by atoms with Crippen molar-refractivity contribution in [2.75, 3.05) is 13.1 Å². The predicted octanol–water partition coefficient (Wildman–Crippen LogP) is 12.7. The Hall–Kier alpha value is 0.690. The van der Waals surface area contributed by atoms with Crippen LogP contribution in [-0.2, 0) is 0 Å². The minimum absolute atomic E-state index is 0. The van der Waals surface area contributed by atoms with Gasteiger partial charge in [0.2, 0.25) is 0 Å². The first-order valence-corrected chi connectivity index (χ1v) is 16.1. The molecule has 0 saturated carbocycles. The summed E-state index contributed by atoms with van der Waals surface area (Å²) < 4.78 is 0. The molecule has 0 aliphatic heterocycles. The molecule has 224 valence electrons. The number of hydrogen-bond donors (Lipinski definition) is 2. The molecule has 0 fully saturated rings. The van der Waals surface area contributed by atoms with Gasteiger partial charge in [-0.15, -0.1) is 29.4 Å². The summed E-state index contributed by atoms with van der Waals surface area (Å²) in [5.41, 5.74) is 0. The molecule has 0 amide bonds. The van der Waals surface area contributed by atoms with E-state index >= 15 is 0 Å². The molecule has 0 rings (SSSR count). The summed E-state index contributed by atoms with van der Waals surface area (Å²) in [6.45, 7) is 7.10. The molecular formula is C32H72BrClN2. The lowest BCUT2D eigenvalue weighted by atomic mass is 10.0. The maximum Gasteiger partial charge on any atom is -0.00489 e. The van der Waals surface area contributed by atoms with Crippen molar-refractivity contribution in [3.05, 3.63) is 0 Å². The zero-order valence-corrected chi connectivity index (χ0v) is 27.8. The number of hydrogen-bond acceptors (Lipinski definition) is 2. The quantitative estimate of drug-likeness (QED) is 0.0806. The lowest BCUT2D eigenvalue weighted by molar-refractivity contribution is 0.518. The van der Waals surface area contributed by atoms with Crippen molar-refractivity contribution in [1.29, 1.82) is 0 Å². The van der Waals surface area contributed by atoms with Crippen LogP contribution in [0.4, 0.5) is 0 Å². The smallest absolute Gasteiger partial charge is 0.00489 e. The second-order valence-corrected chi connectivity index (χ2v) is 10.9. The Bertz CT molecular complexity index is 301. The van der Waals surface area contributed by atoms with Crippen LogP contribution in [-0.4, -0.2) is 13.1 Å². The van der Waals surface area contributed by atoms with Crippen LogP contribution < -0.4 is 11.5 Å². The van der Waals surface area contributed by atoms with Gasteiger partial charge in [0.1, 0.15) is 0 Å². The first-order chi connectivity index (χ1) is 16.4. The number of halogens is 2. The van der Waals surface area contributed by atoms with Crippen LogP contribution in [0.25, 0.3) is 0 Å². The van der Waals surface area contributed by atoms with E-state index in [9.17, 15) is 0 Å². The lowest BCUT2D eigenvalue weighted by Crippen LogP contribution is -2.16. The van der Waals surface area contributed by atoms with Crippen molar-refractivity contribution in [3.8, 4) is 0 Å². The van der Waals surface area contributed by atoms with Crippen molar-refractivity contribution < 1.29 is 0 Å². The van der Waals surface area contributed by atoms with Crippen molar-refractivity contribution in [2.24, 2.45) is 0 Å². The summed E-state index contributed by atoms with van der Waals surface area (Å²) in [4.78, 5) is 0. The van der Waals surface area contributed by atoms with Gasteiger partial charge in [-0.1, -0.05) is 181 Å². The lowest BCUT2D eigenvalue weighted by Gasteiger charge is -2.06. The fraction of sp³-hybridized carbons (Fsp3) is 1.00. The zero-order valence-electron chi connectivity index (χ0n) is 25.2. The summed E-state index contributed by atoms with van der Waals surface area (Å²) >= 11 is 0. The highest BCUT2D eigenvalue weighted by Crippen LogP contribution is 2.14. The van der Waals surface area contributed by atoms with Gasteiger partial charge in [0.05, 0.1) is 0 Å². The van der Waals surface area contributed by atoms with Gasteiger partial charge in [-0.05, 0) is 25.9 Å². The Morgan fingerprint density at radius 2 is 0.472 bits per heavy atom. The first kappa shape index (κ1) is 43.7. The zero-order chi connectivity index (χ0) is 23.9. The van der Waals surface area contributed by atoms with Crippen LogP contribution in [0.2, 0.25) is 0 Å². The monoisotopic (exact) mass is 598 g/mol. The standard InChI is InChI=1S/C32H67N.BrH.ClH.H3N/c1-3-5-7-9-11-13-15-17-19-21-23-25-27-29-31-33-32-30-28-26-24-22-20-18-16-14-12-10-8-6-4-2;;;/h33H,3-32H2,1-2H3;2*1H;1H3. The van der Waals surface area contributed by atoms with Crippen LogP contribution in [0.5, 0.6) is 0 Å². The van der Waals surface area contributed by atoms with E-state index in [1.807, 2.05) is 0 Å². The fourth-order valence-electron chi connectivity index (χ4n) is 5.01. The maximum absolute atomic E-state index is 3.67. The summed E-state index contributed by atoms with van der Waals surface area (Å²) in [6.07, 6.45) is 40.7. The van der Waals surface area contributed by atoms with Gasteiger partial charge in [-0.2, -0.15) is 0 Å². The largest absolute Gasteiger partial charge is 0.344 e. The van der Waals surface area contributed by atoms with E-state index in [-0.39, 0.29) is 35.5 Å². The molecule has 0 atom stereocenters. The molecule has 4 heteroatoms. The predicted molar refractivity (Wildman–Crippen MR) is 176 cm³/mol. The average Bonchev–Trinajstić information content (AvgIpc) is 2.83. The second kappa shape index (κ2) is 42.8. The molecule has 0 aromatic heterocycles. The minimum atomic E-state index is 0. The van der Waals surface area contributed by atoms with E-state index in [0.29, 0.717) is 0 Å². The van der Waals surface area contributed by atoms with E-state index < -0.39 is 0 Å². The molecule has 0 heterocycles. The van der Waals surface area contributed by atoms with Crippen LogP contribution in [0, 0.1) is 0 Å². The Labute approximate surface area is 246 Å². The maximum atomic E-state index is 3.67. The molecule has 0 saturated heterocycles. The summed E-state index contributed by atoms with van der Waals surface area (Å²) in [6, 6.07) is 0. The van der Waals surface area contributed by atoms with Gasteiger partial charge in [0.15, 0.2) is 0 Å². The van der Waals surface area contributed by atoms with Gasteiger partial charge < -0.3 is 11.5 Å². The Morgan fingerprint density at radius 1 is 0.306 bits per heavy atom. The van der Waals surface area contributed by atoms with Gasteiger partial charge in [0, 0.05) is 0 Å². The van der Waals surface area contributed by atoms with Crippen molar-refractivity contribution in [3.63, 3.8) is 0 Å². The SMILES string of the molecule is Br.CCCCCCCCCCCCCCCCNCCCCCCCCCCCCCCCC.Cl.N. The van der Waals surface area contributed by atoms with E-state index in [2.05, 4.69) is 19.2 Å². The van der Waals surface area contributed by atoms with Crippen molar-refractivity contribution in [1.82, 2.24) is 11.5 Å². The summed E-state index contributed by atoms with van der Waals surface area (Å²) in [7, 11) is 0. The highest BCUT2D eigenvalue weighted by molar-refractivity contribution is 8.93.